The summed E-state index contributed by atoms with van der Waals surface area (Å²) in [6.07, 6.45) is 1.55. The third kappa shape index (κ3) is 8.98. The molecule has 0 fully saturated rings. The van der Waals surface area contributed by atoms with Gasteiger partial charge < -0.3 is 15.7 Å². The number of hydrogen-bond acceptors (Lipinski definition) is 3. The predicted molar refractivity (Wildman–Crippen MR) is 71.4 cm³/mol. The lowest BCUT2D eigenvalue weighted by atomic mass is 10.0. The molecule has 0 saturated carbocycles. The molecular formula is C13H26N2O3. The molecule has 18 heavy (non-hydrogen) atoms. The standard InChI is InChI=1S/C13H26N2O3/c1-9(2)8-11(13(17)18)15-12(16)6-5-7-14-10(3)4/h9-11,14H,5-8H2,1-4H3,(H,15,16)(H,17,18). The Bertz CT molecular complexity index is 265. The monoisotopic (exact) mass is 258 g/mol. The van der Waals surface area contributed by atoms with Crippen molar-refractivity contribution in [2.75, 3.05) is 6.54 Å². The Labute approximate surface area is 109 Å². The SMILES string of the molecule is CC(C)CC(NC(=O)CCCNC(C)C)C(=O)O. The van der Waals surface area contributed by atoms with Crippen LogP contribution in [0.4, 0.5) is 0 Å². The Kier molecular flexibility index (Phi) is 8.37. The van der Waals surface area contributed by atoms with Gasteiger partial charge in [0.2, 0.25) is 5.91 Å². The van der Waals surface area contributed by atoms with Gasteiger partial charge in [-0.2, -0.15) is 0 Å². The van der Waals surface area contributed by atoms with Gasteiger partial charge in [0.25, 0.3) is 0 Å². The lowest BCUT2D eigenvalue weighted by Gasteiger charge is -2.16. The van der Waals surface area contributed by atoms with Crippen LogP contribution in [0.1, 0.15) is 47.0 Å². The molecule has 0 saturated heterocycles. The van der Waals surface area contributed by atoms with Crippen molar-refractivity contribution in [3.63, 3.8) is 0 Å². The van der Waals surface area contributed by atoms with E-state index in [2.05, 4.69) is 10.6 Å². The number of carbonyl (C=O) groups is 2. The van der Waals surface area contributed by atoms with E-state index in [1.165, 1.54) is 0 Å². The molecule has 106 valence electrons. The van der Waals surface area contributed by atoms with Crippen LogP contribution in [-0.2, 0) is 9.59 Å². The molecule has 0 aromatic rings. The average Bonchev–Trinajstić information content (AvgIpc) is 2.22. The molecule has 3 N–H and O–H groups in total. The first-order valence-electron chi connectivity index (χ1n) is 6.58. The van der Waals surface area contributed by atoms with E-state index in [4.69, 9.17) is 5.11 Å². The topological polar surface area (TPSA) is 78.4 Å². The summed E-state index contributed by atoms with van der Waals surface area (Å²) < 4.78 is 0. The second-order valence-corrected chi connectivity index (χ2v) is 5.30. The van der Waals surface area contributed by atoms with Crippen LogP contribution in [0, 0.1) is 5.92 Å². The molecule has 0 heterocycles. The summed E-state index contributed by atoms with van der Waals surface area (Å²) in [5.41, 5.74) is 0. The Morgan fingerprint density at radius 3 is 2.22 bits per heavy atom. The van der Waals surface area contributed by atoms with Gasteiger partial charge >= 0.3 is 5.97 Å². The molecule has 0 bridgehead atoms. The van der Waals surface area contributed by atoms with Gasteiger partial charge in [-0.15, -0.1) is 0 Å². The maximum absolute atomic E-state index is 11.6. The number of carbonyl (C=O) groups excluding carboxylic acids is 1. The summed E-state index contributed by atoms with van der Waals surface area (Å²) in [5, 5.41) is 14.8. The van der Waals surface area contributed by atoms with E-state index in [0.29, 0.717) is 18.9 Å². The van der Waals surface area contributed by atoms with E-state index in [-0.39, 0.29) is 11.8 Å². The molecule has 0 spiro atoms. The minimum atomic E-state index is -0.961. The van der Waals surface area contributed by atoms with Crippen LogP contribution in [0.3, 0.4) is 0 Å². The Hall–Kier alpha value is -1.10. The number of amides is 1. The summed E-state index contributed by atoms with van der Waals surface area (Å²) >= 11 is 0. The zero-order valence-corrected chi connectivity index (χ0v) is 11.8. The molecular weight excluding hydrogens is 232 g/mol. The van der Waals surface area contributed by atoms with Crippen molar-refractivity contribution in [1.29, 1.82) is 0 Å². The summed E-state index contributed by atoms with van der Waals surface area (Å²) in [6, 6.07) is -0.365. The Morgan fingerprint density at radius 1 is 1.17 bits per heavy atom. The number of rotatable bonds is 9. The van der Waals surface area contributed by atoms with Crippen LogP contribution in [0.2, 0.25) is 0 Å². The first kappa shape index (κ1) is 16.9. The normalized spacial score (nSPS) is 12.8. The van der Waals surface area contributed by atoms with Crippen molar-refractivity contribution >= 4 is 11.9 Å². The highest BCUT2D eigenvalue weighted by Gasteiger charge is 2.20. The fraction of sp³-hybridized carbons (Fsp3) is 0.846. The van der Waals surface area contributed by atoms with Crippen LogP contribution < -0.4 is 10.6 Å². The van der Waals surface area contributed by atoms with Gasteiger partial charge in [-0.25, -0.2) is 4.79 Å². The predicted octanol–water partition coefficient (Wildman–Crippen LogP) is 1.38. The van der Waals surface area contributed by atoms with E-state index in [0.717, 1.165) is 13.0 Å². The van der Waals surface area contributed by atoms with Crippen molar-refractivity contribution in [1.82, 2.24) is 10.6 Å². The van der Waals surface area contributed by atoms with E-state index in [9.17, 15) is 9.59 Å². The van der Waals surface area contributed by atoms with Gasteiger partial charge in [-0.3, -0.25) is 4.79 Å². The fourth-order valence-corrected chi connectivity index (χ4v) is 1.60. The van der Waals surface area contributed by atoms with Crippen LogP contribution in [-0.4, -0.2) is 35.6 Å². The largest absolute Gasteiger partial charge is 0.480 e. The zero-order valence-electron chi connectivity index (χ0n) is 11.8. The molecule has 0 aliphatic carbocycles. The highest BCUT2D eigenvalue weighted by Crippen LogP contribution is 2.05. The van der Waals surface area contributed by atoms with Crippen LogP contribution in [0.25, 0.3) is 0 Å². The maximum Gasteiger partial charge on any atom is 0.326 e. The van der Waals surface area contributed by atoms with Gasteiger partial charge in [0.1, 0.15) is 6.04 Å². The first-order valence-corrected chi connectivity index (χ1v) is 6.58. The molecule has 1 amide bonds. The van der Waals surface area contributed by atoms with Gasteiger partial charge in [-0.05, 0) is 25.3 Å². The number of carboxylic acid groups (broad SMARTS) is 1. The molecule has 0 aromatic carbocycles. The van der Waals surface area contributed by atoms with Crippen LogP contribution in [0.5, 0.6) is 0 Å². The number of aliphatic carboxylic acids is 1. The van der Waals surface area contributed by atoms with E-state index in [1.54, 1.807) is 0 Å². The lowest BCUT2D eigenvalue weighted by Crippen LogP contribution is -2.41. The molecule has 5 heteroatoms. The minimum Gasteiger partial charge on any atom is -0.480 e. The third-order valence-corrected chi connectivity index (χ3v) is 2.47. The van der Waals surface area contributed by atoms with E-state index in [1.807, 2.05) is 27.7 Å². The van der Waals surface area contributed by atoms with Crippen LogP contribution in [0.15, 0.2) is 0 Å². The van der Waals surface area contributed by atoms with Gasteiger partial charge in [0.15, 0.2) is 0 Å². The number of hydrogen-bond donors (Lipinski definition) is 3. The Balaban J connectivity index is 3.92. The second kappa shape index (κ2) is 8.91. The van der Waals surface area contributed by atoms with Crippen molar-refractivity contribution in [2.45, 2.75) is 59.0 Å². The molecule has 1 unspecified atom stereocenters. The van der Waals surface area contributed by atoms with E-state index >= 15 is 0 Å². The minimum absolute atomic E-state index is 0.186. The van der Waals surface area contributed by atoms with Gasteiger partial charge in [0.05, 0.1) is 0 Å². The third-order valence-electron chi connectivity index (χ3n) is 2.47. The maximum atomic E-state index is 11.6. The molecule has 0 aromatic heterocycles. The van der Waals surface area contributed by atoms with Crippen molar-refractivity contribution in [2.24, 2.45) is 5.92 Å². The molecule has 1 atom stereocenters. The smallest absolute Gasteiger partial charge is 0.326 e. The summed E-state index contributed by atoms with van der Waals surface area (Å²) in [7, 11) is 0. The quantitative estimate of drug-likeness (QED) is 0.546. The molecule has 0 aliphatic heterocycles. The first-order chi connectivity index (χ1) is 8.32. The molecule has 0 radical (unpaired) electrons. The average molecular weight is 258 g/mol. The Morgan fingerprint density at radius 2 is 1.78 bits per heavy atom. The van der Waals surface area contributed by atoms with Crippen molar-refractivity contribution in [3.8, 4) is 0 Å². The van der Waals surface area contributed by atoms with Crippen LogP contribution >= 0.6 is 0 Å². The number of carboxylic acids is 1. The zero-order chi connectivity index (χ0) is 14.1. The summed E-state index contributed by atoms with van der Waals surface area (Å²) in [5.74, 6) is -0.903. The van der Waals surface area contributed by atoms with Gasteiger partial charge in [-0.1, -0.05) is 27.7 Å². The van der Waals surface area contributed by atoms with Crippen molar-refractivity contribution < 1.29 is 14.7 Å². The number of nitrogens with one attached hydrogen (secondary N) is 2. The second-order valence-electron chi connectivity index (χ2n) is 5.30. The highest BCUT2D eigenvalue weighted by atomic mass is 16.4. The van der Waals surface area contributed by atoms with Gasteiger partial charge in [0, 0.05) is 12.5 Å². The lowest BCUT2D eigenvalue weighted by molar-refractivity contribution is -0.142. The van der Waals surface area contributed by atoms with Crippen molar-refractivity contribution in [3.05, 3.63) is 0 Å². The summed E-state index contributed by atoms with van der Waals surface area (Å²) in [4.78, 5) is 22.5. The molecule has 5 nitrogen and oxygen atoms in total. The molecule has 0 rings (SSSR count). The highest BCUT2D eigenvalue weighted by molar-refractivity contribution is 5.83. The fourth-order valence-electron chi connectivity index (χ4n) is 1.60. The summed E-state index contributed by atoms with van der Waals surface area (Å²) in [6.45, 7) is 8.74. The molecule has 0 aliphatic rings. The van der Waals surface area contributed by atoms with E-state index < -0.39 is 12.0 Å².